The first kappa shape index (κ1) is 11.3. The van der Waals surface area contributed by atoms with Gasteiger partial charge in [0.2, 0.25) is 5.95 Å². The smallest absolute Gasteiger partial charge is 0.242 e. The molecule has 0 unspecified atom stereocenters. The van der Waals surface area contributed by atoms with Crippen LogP contribution in [0, 0.1) is 19.3 Å². The van der Waals surface area contributed by atoms with Crippen LogP contribution in [0.2, 0.25) is 0 Å². The Balaban J connectivity index is 1.92. The first-order valence-corrected chi connectivity index (χ1v) is 5.77. The summed E-state index contributed by atoms with van der Waals surface area (Å²) in [7, 11) is 0. The fourth-order valence-corrected chi connectivity index (χ4v) is 1.80. The number of rotatable bonds is 5. The van der Waals surface area contributed by atoms with E-state index < -0.39 is 0 Å². The monoisotopic (exact) mass is 221 g/mol. The van der Waals surface area contributed by atoms with E-state index in [1.165, 1.54) is 12.8 Å². The Morgan fingerprint density at radius 2 is 2.00 bits per heavy atom. The number of hydrogen-bond donors (Lipinski definition) is 2. The number of nitrogens with one attached hydrogen (secondary N) is 1. The average Bonchev–Trinajstić information content (AvgIpc) is 3.01. The van der Waals surface area contributed by atoms with E-state index in [2.05, 4.69) is 20.5 Å². The van der Waals surface area contributed by atoms with Gasteiger partial charge in [0.05, 0.1) is 11.4 Å². The normalized spacial score (nSPS) is 17.2. The fraction of sp³-hybridized carbons (Fsp3) is 0.727. The van der Waals surface area contributed by atoms with Crippen molar-refractivity contribution in [2.45, 2.75) is 33.1 Å². The minimum Gasteiger partial charge on any atom is -0.352 e. The summed E-state index contributed by atoms with van der Waals surface area (Å²) in [6.07, 6.45) is 3.60. The molecule has 0 aromatic carbocycles. The van der Waals surface area contributed by atoms with Gasteiger partial charge >= 0.3 is 0 Å². The van der Waals surface area contributed by atoms with Gasteiger partial charge in [-0.3, -0.25) is 0 Å². The predicted octanol–water partition coefficient (Wildman–Crippen LogP) is 1.03. The standard InChI is InChI=1S/C11H19N5/c1-8-9(2)15-16-10(14-8)13-7-11(3-4-11)5-6-12/h3-7,12H2,1-2H3,(H,13,14,16). The Kier molecular flexibility index (Phi) is 3.05. The molecule has 1 heterocycles. The van der Waals surface area contributed by atoms with Crippen LogP contribution in [0.3, 0.4) is 0 Å². The molecule has 1 aliphatic rings. The van der Waals surface area contributed by atoms with Crippen molar-refractivity contribution >= 4 is 5.95 Å². The van der Waals surface area contributed by atoms with Crippen molar-refractivity contribution in [3.05, 3.63) is 11.4 Å². The van der Waals surface area contributed by atoms with E-state index in [0.717, 1.165) is 30.9 Å². The molecule has 0 atom stereocenters. The molecule has 0 radical (unpaired) electrons. The summed E-state index contributed by atoms with van der Waals surface area (Å²) >= 11 is 0. The lowest BCUT2D eigenvalue weighted by Gasteiger charge is -2.14. The molecule has 1 aromatic rings. The van der Waals surface area contributed by atoms with Crippen LogP contribution in [0.25, 0.3) is 0 Å². The molecule has 0 spiro atoms. The van der Waals surface area contributed by atoms with Crippen molar-refractivity contribution in [2.24, 2.45) is 11.1 Å². The Hall–Kier alpha value is -1.23. The molecule has 5 nitrogen and oxygen atoms in total. The third kappa shape index (κ3) is 2.47. The zero-order chi connectivity index (χ0) is 11.6. The minimum atomic E-state index is 0.400. The second-order valence-corrected chi connectivity index (χ2v) is 4.70. The second kappa shape index (κ2) is 4.33. The fourth-order valence-electron chi connectivity index (χ4n) is 1.80. The third-order valence-electron chi connectivity index (χ3n) is 3.35. The Bertz CT molecular complexity index is 373. The zero-order valence-corrected chi connectivity index (χ0v) is 9.95. The number of nitrogens with two attached hydrogens (primary N) is 1. The summed E-state index contributed by atoms with van der Waals surface area (Å²) in [5, 5.41) is 11.3. The average molecular weight is 221 g/mol. The van der Waals surface area contributed by atoms with Crippen molar-refractivity contribution in [2.75, 3.05) is 18.4 Å². The molecular formula is C11H19N5. The molecule has 0 aliphatic heterocycles. The molecular weight excluding hydrogens is 202 g/mol. The van der Waals surface area contributed by atoms with E-state index in [-0.39, 0.29) is 0 Å². The Morgan fingerprint density at radius 3 is 2.56 bits per heavy atom. The van der Waals surface area contributed by atoms with Gasteiger partial charge in [0.25, 0.3) is 0 Å². The highest BCUT2D eigenvalue weighted by Gasteiger charge is 2.41. The summed E-state index contributed by atoms with van der Waals surface area (Å²) in [4.78, 5) is 4.35. The van der Waals surface area contributed by atoms with Gasteiger partial charge in [-0.2, -0.15) is 5.10 Å². The summed E-state index contributed by atoms with van der Waals surface area (Å²) in [6, 6.07) is 0. The van der Waals surface area contributed by atoms with Crippen molar-refractivity contribution in [1.82, 2.24) is 15.2 Å². The molecule has 0 amide bonds. The molecule has 3 N–H and O–H groups in total. The second-order valence-electron chi connectivity index (χ2n) is 4.70. The molecule has 16 heavy (non-hydrogen) atoms. The quantitative estimate of drug-likeness (QED) is 0.776. The van der Waals surface area contributed by atoms with Crippen LogP contribution >= 0.6 is 0 Å². The van der Waals surface area contributed by atoms with Crippen LogP contribution in [0.4, 0.5) is 5.95 Å². The molecule has 1 fully saturated rings. The molecule has 88 valence electrons. The summed E-state index contributed by atoms with van der Waals surface area (Å²) in [5.41, 5.74) is 7.81. The maximum absolute atomic E-state index is 5.60. The lowest BCUT2D eigenvalue weighted by atomic mass is 10.0. The van der Waals surface area contributed by atoms with Gasteiger partial charge < -0.3 is 11.1 Å². The maximum Gasteiger partial charge on any atom is 0.242 e. The maximum atomic E-state index is 5.60. The molecule has 0 saturated heterocycles. The Morgan fingerprint density at radius 1 is 1.25 bits per heavy atom. The van der Waals surface area contributed by atoms with Crippen molar-refractivity contribution in [3.63, 3.8) is 0 Å². The molecule has 2 rings (SSSR count). The van der Waals surface area contributed by atoms with Crippen LogP contribution in [-0.4, -0.2) is 28.3 Å². The van der Waals surface area contributed by atoms with E-state index in [1.54, 1.807) is 0 Å². The van der Waals surface area contributed by atoms with Gasteiger partial charge in [0.15, 0.2) is 0 Å². The summed E-state index contributed by atoms with van der Waals surface area (Å²) < 4.78 is 0. The summed E-state index contributed by atoms with van der Waals surface area (Å²) in [6.45, 7) is 5.53. The van der Waals surface area contributed by atoms with Crippen LogP contribution < -0.4 is 11.1 Å². The highest BCUT2D eigenvalue weighted by Crippen LogP contribution is 2.48. The molecule has 0 bridgehead atoms. The SMILES string of the molecule is Cc1nnc(NCC2(CCN)CC2)nc1C. The highest BCUT2D eigenvalue weighted by molar-refractivity contribution is 5.26. The number of hydrogen-bond acceptors (Lipinski definition) is 5. The lowest BCUT2D eigenvalue weighted by Crippen LogP contribution is -2.20. The number of nitrogens with zero attached hydrogens (tertiary/aromatic N) is 3. The topological polar surface area (TPSA) is 76.7 Å². The molecule has 5 heteroatoms. The van der Waals surface area contributed by atoms with E-state index in [0.29, 0.717) is 11.4 Å². The minimum absolute atomic E-state index is 0.400. The van der Waals surface area contributed by atoms with Crippen LogP contribution in [0.5, 0.6) is 0 Å². The first-order chi connectivity index (χ1) is 7.65. The number of aryl methyl sites for hydroxylation is 2. The third-order valence-corrected chi connectivity index (χ3v) is 3.35. The highest BCUT2D eigenvalue weighted by atomic mass is 15.2. The van der Waals surface area contributed by atoms with Crippen LogP contribution in [0.1, 0.15) is 30.7 Å². The summed E-state index contributed by atoms with van der Waals surface area (Å²) in [5.74, 6) is 0.631. The van der Waals surface area contributed by atoms with E-state index >= 15 is 0 Å². The van der Waals surface area contributed by atoms with E-state index in [9.17, 15) is 0 Å². The van der Waals surface area contributed by atoms with Gasteiger partial charge in [0.1, 0.15) is 0 Å². The molecule has 1 aliphatic carbocycles. The molecule has 1 saturated carbocycles. The predicted molar refractivity (Wildman–Crippen MR) is 63.1 cm³/mol. The largest absolute Gasteiger partial charge is 0.352 e. The first-order valence-electron chi connectivity index (χ1n) is 5.77. The van der Waals surface area contributed by atoms with E-state index in [1.807, 2.05) is 13.8 Å². The van der Waals surface area contributed by atoms with Crippen molar-refractivity contribution in [3.8, 4) is 0 Å². The Labute approximate surface area is 95.9 Å². The molecule has 1 aromatic heterocycles. The van der Waals surface area contributed by atoms with Gasteiger partial charge in [-0.05, 0) is 45.1 Å². The van der Waals surface area contributed by atoms with Crippen LogP contribution in [0.15, 0.2) is 0 Å². The lowest BCUT2D eigenvalue weighted by molar-refractivity contribution is 0.499. The van der Waals surface area contributed by atoms with Crippen molar-refractivity contribution in [1.29, 1.82) is 0 Å². The number of aromatic nitrogens is 3. The van der Waals surface area contributed by atoms with Gasteiger partial charge in [-0.1, -0.05) is 0 Å². The van der Waals surface area contributed by atoms with Gasteiger partial charge in [-0.25, -0.2) is 4.98 Å². The van der Waals surface area contributed by atoms with Crippen molar-refractivity contribution < 1.29 is 0 Å². The van der Waals surface area contributed by atoms with E-state index in [4.69, 9.17) is 5.73 Å². The number of anilines is 1. The van der Waals surface area contributed by atoms with Gasteiger partial charge in [-0.15, -0.1) is 5.10 Å². The zero-order valence-electron chi connectivity index (χ0n) is 9.95. The van der Waals surface area contributed by atoms with Crippen LogP contribution in [-0.2, 0) is 0 Å². The van der Waals surface area contributed by atoms with Gasteiger partial charge in [0, 0.05) is 6.54 Å².